The van der Waals surface area contributed by atoms with Crippen LogP contribution in [-0.4, -0.2) is 27.0 Å². The van der Waals surface area contributed by atoms with Gasteiger partial charge in [-0.3, -0.25) is 9.59 Å². The largest absolute Gasteiger partial charge is 0.481 e. The van der Waals surface area contributed by atoms with E-state index in [0.717, 1.165) is 11.1 Å². The third-order valence-corrected chi connectivity index (χ3v) is 3.73. The molecule has 1 aromatic heterocycles. The maximum atomic E-state index is 12.0. The molecular formula is C15H15N3O3. The Hall–Kier alpha value is -2.63. The summed E-state index contributed by atoms with van der Waals surface area (Å²) < 4.78 is 0. The first kappa shape index (κ1) is 13.4. The van der Waals surface area contributed by atoms with Gasteiger partial charge in [-0.1, -0.05) is 24.3 Å². The summed E-state index contributed by atoms with van der Waals surface area (Å²) in [7, 11) is 0. The monoisotopic (exact) mass is 285 g/mol. The van der Waals surface area contributed by atoms with E-state index in [1.54, 1.807) is 12.4 Å². The summed E-state index contributed by atoms with van der Waals surface area (Å²) in [6.45, 7) is 0. The van der Waals surface area contributed by atoms with Crippen LogP contribution in [0, 0.1) is 0 Å². The van der Waals surface area contributed by atoms with Gasteiger partial charge in [0.25, 0.3) is 0 Å². The molecule has 2 aromatic rings. The molecule has 1 heterocycles. The Kier molecular flexibility index (Phi) is 3.43. The Morgan fingerprint density at radius 2 is 2.10 bits per heavy atom. The number of aromatic amines is 1. The summed E-state index contributed by atoms with van der Waals surface area (Å²) in [5.74, 6) is -0.996. The molecule has 0 bridgehead atoms. The van der Waals surface area contributed by atoms with Crippen molar-refractivity contribution in [2.24, 2.45) is 0 Å². The fraction of sp³-hybridized carbons (Fsp3) is 0.267. The number of carbonyl (C=O) groups is 2. The van der Waals surface area contributed by atoms with Crippen molar-refractivity contribution in [1.82, 2.24) is 15.3 Å². The van der Waals surface area contributed by atoms with Gasteiger partial charge < -0.3 is 15.4 Å². The fourth-order valence-corrected chi connectivity index (χ4v) is 2.80. The average Bonchev–Trinajstić information content (AvgIpc) is 3.07. The number of hydrogen-bond donors (Lipinski definition) is 3. The molecule has 3 N–H and O–H groups in total. The minimum atomic E-state index is -0.856. The van der Waals surface area contributed by atoms with Crippen molar-refractivity contribution < 1.29 is 14.7 Å². The lowest BCUT2D eigenvalue weighted by Crippen LogP contribution is -2.29. The van der Waals surface area contributed by atoms with Gasteiger partial charge >= 0.3 is 5.97 Å². The van der Waals surface area contributed by atoms with E-state index < -0.39 is 11.9 Å². The van der Waals surface area contributed by atoms with Crippen LogP contribution >= 0.6 is 0 Å². The Morgan fingerprint density at radius 3 is 2.76 bits per heavy atom. The Labute approximate surface area is 121 Å². The van der Waals surface area contributed by atoms with Crippen LogP contribution < -0.4 is 5.32 Å². The maximum absolute atomic E-state index is 12.0. The summed E-state index contributed by atoms with van der Waals surface area (Å²) in [6, 6.07) is 7.10. The predicted octanol–water partition coefficient (Wildman–Crippen LogP) is 1.38. The normalized spacial score (nSPS) is 20.0. The molecular weight excluding hydrogens is 270 g/mol. The number of carbonyl (C=O) groups excluding carboxylic acids is 1. The van der Waals surface area contributed by atoms with Gasteiger partial charge in [0.15, 0.2) is 0 Å². The van der Waals surface area contributed by atoms with E-state index in [1.165, 1.54) is 0 Å². The van der Waals surface area contributed by atoms with Crippen molar-refractivity contribution in [2.75, 3.05) is 0 Å². The maximum Gasteiger partial charge on any atom is 0.311 e. The quantitative estimate of drug-likeness (QED) is 0.791. The molecule has 1 amide bonds. The Bertz CT molecular complexity index is 667. The lowest BCUT2D eigenvalue weighted by molar-refractivity contribution is -0.139. The standard InChI is InChI=1S/C15H15N3O3/c19-14(8-13-16-5-6-17-13)18-12-7-11(15(20)21)9-3-1-2-4-10(9)12/h1-6,11-12H,7-8H2,(H,16,17)(H,18,19)(H,20,21). The first-order valence-electron chi connectivity index (χ1n) is 6.74. The molecule has 1 aliphatic rings. The number of amides is 1. The van der Waals surface area contributed by atoms with Crippen LogP contribution in [0.1, 0.15) is 35.3 Å². The number of aromatic nitrogens is 2. The SMILES string of the molecule is O=C(Cc1ncc[nH]1)NC1CC(C(=O)O)c2ccccc21. The van der Waals surface area contributed by atoms with E-state index in [9.17, 15) is 14.7 Å². The summed E-state index contributed by atoms with van der Waals surface area (Å²) >= 11 is 0. The molecule has 0 spiro atoms. The van der Waals surface area contributed by atoms with Crippen molar-refractivity contribution in [3.05, 3.63) is 53.6 Å². The number of hydrogen-bond acceptors (Lipinski definition) is 3. The van der Waals surface area contributed by atoms with Gasteiger partial charge in [0.2, 0.25) is 5.91 Å². The highest BCUT2D eigenvalue weighted by Gasteiger charge is 2.35. The number of nitrogens with zero attached hydrogens (tertiary/aromatic N) is 1. The van der Waals surface area contributed by atoms with E-state index in [0.29, 0.717) is 12.2 Å². The molecule has 2 atom stereocenters. The number of nitrogens with one attached hydrogen (secondary N) is 2. The topological polar surface area (TPSA) is 95.1 Å². The zero-order chi connectivity index (χ0) is 14.8. The number of carboxylic acid groups (broad SMARTS) is 1. The van der Waals surface area contributed by atoms with Crippen LogP contribution in [0.3, 0.4) is 0 Å². The second-order valence-electron chi connectivity index (χ2n) is 5.09. The highest BCUT2D eigenvalue weighted by molar-refractivity contribution is 5.81. The number of H-pyrrole nitrogens is 1. The van der Waals surface area contributed by atoms with Crippen molar-refractivity contribution in [3.8, 4) is 0 Å². The smallest absolute Gasteiger partial charge is 0.311 e. The van der Waals surface area contributed by atoms with E-state index >= 15 is 0 Å². The minimum absolute atomic E-state index is 0.156. The third kappa shape index (κ3) is 2.65. The van der Waals surface area contributed by atoms with E-state index in [1.807, 2.05) is 24.3 Å². The molecule has 0 aliphatic heterocycles. The van der Waals surface area contributed by atoms with Gasteiger partial charge in [-0.15, -0.1) is 0 Å². The molecule has 0 radical (unpaired) electrons. The van der Waals surface area contributed by atoms with Crippen LogP contribution in [-0.2, 0) is 16.0 Å². The second kappa shape index (κ2) is 5.40. The van der Waals surface area contributed by atoms with Gasteiger partial charge in [0, 0.05) is 12.4 Å². The molecule has 3 rings (SSSR count). The van der Waals surface area contributed by atoms with Crippen molar-refractivity contribution >= 4 is 11.9 Å². The Morgan fingerprint density at radius 1 is 1.33 bits per heavy atom. The summed E-state index contributed by atoms with van der Waals surface area (Å²) in [5.41, 5.74) is 1.67. The van der Waals surface area contributed by atoms with Gasteiger partial charge in [-0.25, -0.2) is 4.98 Å². The van der Waals surface area contributed by atoms with Crippen LogP contribution in [0.2, 0.25) is 0 Å². The first-order valence-corrected chi connectivity index (χ1v) is 6.74. The van der Waals surface area contributed by atoms with E-state index in [4.69, 9.17) is 0 Å². The van der Waals surface area contributed by atoms with Gasteiger partial charge in [0.1, 0.15) is 5.82 Å². The molecule has 1 aliphatic carbocycles. The molecule has 1 aromatic carbocycles. The molecule has 2 unspecified atom stereocenters. The highest BCUT2D eigenvalue weighted by Crippen LogP contribution is 2.40. The molecule has 6 nitrogen and oxygen atoms in total. The zero-order valence-electron chi connectivity index (χ0n) is 11.2. The van der Waals surface area contributed by atoms with Crippen molar-refractivity contribution in [2.45, 2.75) is 24.8 Å². The molecule has 0 fully saturated rings. The zero-order valence-corrected chi connectivity index (χ0v) is 11.2. The number of rotatable bonds is 4. The molecule has 108 valence electrons. The lowest BCUT2D eigenvalue weighted by Gasteiger charge is -2.13. The van der Waals surface area contributed by atoms with Gasteiger partial charge in [0.05, 0.1) is 18.4 Å². The number of aliphatic carboxylic acids is 1. The second-order valence-corrected chi connectivity index (χ2v) is 5.09. The number of imidazole rings is 1. The van der Waals surface area contributed by atoms with Crippen molar-refractivity contribution in [3.63, 3.8) is 0 Å². The Balaban J connectivity index is 1.75. The fourth-order valence-electron chi connectivity index (χ4n) is 2.80. The van der Waals surface area contributed by atoms with E-state index in [-0.39, 0.29) is 18.4 Å². The first-order chi connectivity index (χ1) is 10.1. The van der Waals surface area contributed by atoms with Crippen LogP contribution in [0.25, 0.3) is 0 Å². The summed E-state index contributed by atoms with van der Waals surface area (Å²) in [6.07, 6.45) is 3.80. The minimum Gasteiger partial charge on any atom is -0.481 e. The summed E-state index contributed by atoms with van der Waals surface area (Å²) in [5, 5.41) is 12.2. The number of fused-ring (bicyclic) bond motifs is 1. The average molecular weight is 285 g/mol. The van der Waals surface area contributed by atoms with Crippen LogP contribution in [0.4, 0.5) is 0 Å². The summed E-state index contributed by atoms with van der Waals surface area (Å²) in [4.78, 5) is 30.2. The highest BCUT2D eigenvalue weighted by atomic mass is 16.4. The predicted molar refractivity (Wildman–Crippen MR) is 74.6 cm³/mol. The van der Waals surface area contributed by atoms with E-state index in [2.05, 4.69) is 15.3 Å². The number of benzene rings is 1. The molecule has 0 saturated carbocycles. The van der Waals surface area contributed by atoms with Crippen LogP contribution in [0.5, 0.6) is 0 Å². The molecule has 21 heavy (non-hydrogen) atoms. The third-order valence-electron chi connectivity index (χ3n) is 3.73. The van der Waals surface area contributed by atoms with Crippen LogP contribution in [0.15, 0.2) is 36.7 Å². The molecule has 0 saturated heterocycles. The molecule has 6 heteroatoms. The van der Waals surface area contributed by atoms with Gasteiger partial charge in [-0.05, 0) is 17.5 Å². The van der Waals surface area contributed by atoms with Crippen molar-refractivity contribution in [1.29, 1.82) is 0 Å². The van der Waals surface area contributed by atoms with Gasteiger partial charge in [-0.2, -0.15) is 0 Å². The lowest BCUT2D eigenvalue weighted by atomic mass is 10.0. The number of carboxylic acids is 1.